The molecule has 0 saturated heterocycles. The van der Waals surface area contributed by atoms with E-state index in [-0.39, 0.29) is 24.0 Å². The van der Waals surface area contributed by atoms with E-state index in [9.17, 15) is 14.7 Å². The Bertz CT molecular complexity index is 476. The van der Waals surface area contributed by atoms with Crippen molar-refractivity contribution in [2.24, 2.45) is 5.92 Å². The lowest BCUT2D eigenvalue weighted by molar-refractivity contribution is -0.137. The lowest BCUT2D eigenvalue weighted by atomic mass is 10.1. The molecule has 19 heavy (non-hydrogen) atoms. The smallest absolute Gasteiger partial charge is 0.303 e. The van der Waals surface area contributed by atoms with E-state index in [2.05, 4.69) is 5.32 Å². The van der Waals surface area contributed by atoms with Crippen LogP contribution < -0.4 is 5.32 Å². The first-order chi connectivity index (χ1) is 8.90. The van der Waals surface area contributed by atoms with Crippen LogP contribution >= 0.6 is 22.6 Å². The quantitative estimate of drug-likeness (QED) is 0.664. The molecular weight excluding hydrogens is 361 g/mol. The summed E-state index contributed by atoms with van der Waals surface area (Å²) in [4.78, 5) is 22.2. The molecule has 0 radical (unpaired) electrons. The Morgan fingerprint density at radius 3 is 2.68 bits per heavy atom. The second-order valence-corrected chi connectivity index (χ2v) is 5.58. The summed E-state index contributed by atoms with van der Waals surface area (Å²) in [7, 11) is 0. The Kier molecular flexibility index (Phi) is 6.07. The monoisotopic (exact) mass is 377 g/mol. The second kappa shape index (κ2) is 7.32. The van der Waals surface area contributed by atoms with E-state index in [0.29, 0.717) is 22.1 Å². The minimum Gasteiger partial charge on any atom is -0.507 e. The third-order valence-corrected chi connectivity index (χ3v) is 3.58. The molecule has 1 atom stereocenters. The number of carbonyl (C=O) groups is 2. The maximum Gasteiger partial charge on any atom is 0.303 e. The topological polar surface area (TPSA) is 86.6 Å². The number of nitrogens with one attached hydrogen (secondary N) is 1. The van der Waals surface area contributed by atoms with Gasteiger partial charge in [-0.05, 0) is 53.1 Å². The summed E-state index contributed by atoms with van der Waals surface area (Å²) >= 11 is 1.98. The highest BCUT2D eigenvalue weighted by Crippen LogP contribution is 2.20. The van der Waals surface area contributed by atoms with Crippen molar-refractivity contribution >= 4 is 34.5 Å². The molecule has 0 heterocycles. The molecule has 0 aliphatic heterocycles. The highest BCUT2D eigenvalue weighted by Gasteiger charge is 2.10. The van der Waals surface area contributed by atoms with Crippen LogP contribution in [0.5, 0.6) is 5.75 Å². The summed E-state index contributed by atoms with van der Waals surface area (Å²) in [6.07, 6.45) is 0.620. The Balaban J connectivity index is 2.46. The Hall–Kier alpha value is -1.31. The van der Waals surface area contributed by atoms with Gasteiger partial charge in [0.2, 0.25) is 0 Å². The van der Waals surface area contributed by atoms with E-state index in [0.717, 1.165) is 0 Å². The number of aliphatic carboxylic acids is 1. The lowest BCUT2D eigenvalue weighted by Gasteiger charge is -2.11. The first-order valence-corrected chi connectivity index (χ1v) is 6.96. The fourth-order valence-electron chi connectivity index (χ4n) is 1.49. The van der Waals surface area contributed by atoms with E-state index in [4.69, 9.17) is 5.11 Å². The van der Waals surface area contributed by atoms with E-state index in [1.165, 1.54) is 6.07 Å². The van der Waals surface area contributed by atoms with Crippen LogP contribution in [0.3, 0.4) is 0 Å². The SMILES string of the molecule is CC(CCC(=O)O)CNC(=O)c1ccc(I)c(O)c1. The van der Waals surface area contributed by atoms with Crippen LogP contribution in [-0.4, -0.2) is 28.6 Å². The summed E-state index contributed by atoms with van der Waals surface area (Å²) in [6.45, 7) is 2.30. The summed E-state index contributed by atoms with van der Waals surface area (Å²) in [6, 6.07) is 4.72. The molecule has 0 fully saturated rings. The molecule has 1 aromatic rings. The number of phenolic OH excluding ortho intramolecular Hbond substituents is 1. The van der Waals surface area contributed by atoms with E-state index < -0.39 is 5.97 Å². The molecule has 0 aliphatic carbocycles. The summed E-state index contributed by atoms with van der Waals surface area (Å²) in [5, 5.41) is 20.8. The number of hydrogen-bond donors (Lipinski definition) is 3. The maximum absolute atomic E-state index is 11.8. The van der Waals surface area contributed by atoms with Gasteiger partial charge in [0.15, 0.2) is 0 Å². The predicted molar refractivity (Wildman–Crippen MR) is 79.2 cm³/mol. The van der Waals surface area contributed by atoms with Gasteiger partial charge in [0.1, 0.15) is 5.75 Å². The average Bonchev–Trinajstić information content (AvgIpc) is 2.36. The molecule has 3 N–H and O–H groups in total. The average molecular weight is 377 g/mol. The van der Waals surface area contributed by atoms with Crippen LogP contribution in [0.2, 0.25) is 0 Å². The molecule has 0 aliphatic rings. The first kappa shape index (κ1) is 15.7. The van der Waals surface area contributed by atoms with E-state index >= 15 is 0 Å². The lowest BCUT2D eigenvalue weighted by Crippen LogP contribution is -2.28. The van der Waals surface area contributed by atoms with Crippen molar-refractivity contribution in [3.05, 3.63) is 27.3 Å². The van der Waals surface area contributed by atoms with Crippen molar-refractivity contribution in [1.82, 2.24) is 5.32 Å². The predicted octanol–water partition coefficient (Wildman–Crippen LogP) is 2.23. The summed E-state index contributed by atoms with van der Waals surface area (Å²) in [5.41, 5.74) is 0.392. The third kappa shape index (κ3) is 5.46. The molecule has 1 aromatic carbocycles. The Morgan fingerprint density at radius 2 is 2.11 bits per heavy atom. The number of aromatic hydroxyl groups is 1. The summed E-state index contributed by atoms with van der Waals surface area (Å²) in [5.74, 6) is -0.931. The number of amides is 1. The van der Waals surface area contributed by atoms with Crippen molar-refractivity contribution in [1.29, 1.82) is 0 Å². The fraction of sp³-hybridized carbons (Fsp3) is 0.385. The Labute approximate surface area is 125 Å². The number of carbonyl (C=O) groups excluding carboxylic acids is 1. The van der Waals surface area contributed by atoms with E-state index in [1.54, 1.807) is 12.1 Å². The van der Waals surface area contributed by atoms with Crippen LogP contribution in [0.1, 0.15) is 30.1 Å². The minimum absolute atomic E-state index is 0.0761. The molecule has 0 aromatic heterocycles. The van der Waals surface area contributed by atoms with E-state index in [1.807, 2.05) is 29.5 Å². The normalized spacial score (nSPS) is 11.9. The van der Waals surface area contributed by atoms with Gasteiger partial charge in [-0.15, -0.1) is 0 Å². The zero-order valence-electron chi connectivity index (χ0n) is 10.5. The fourth-order valence-corrected chi connectivity index (χ4v) is 1.83. The van der Waals surface area contributed by atoms with Gasteiger partial charge in [0.05, 0.1) is 3.57 Å². The summed E-state index contributed by atoms with van der Waals surface area (Å²) < 4.78 is 0.684. The highest BCUT2D eigenvalue weighted by molar-refractivity contribution is 14.1. The van der Waals surface area contributed by atoms with Gasteiger partial charge in [-0.2, -0.15) is 0 Å². The Morgan fingerprint density at radius 1 is 1.42 bits per heavy atom. The number of hydrogen-bond acceptors (Lipinski definition) is 3. The largest absolute Gasteiger partial charge is 0.507 e. The van der Waals surface area contributed by atoms with Gasteiger partial charge in [0, 0.05) is 18.5 Å². The van der Waals surface area contributed by atoms with Crippen LogP contribution in [0.25, 0.3) is 0 Å². The number of halogens is 1. The van der Waals surface area contributed by atoms with Crippen LogP contribution in [0.15, 0.2) is 18.2 Å². The van der Waals surface area contributed by atoms with Crippen LogP contribution in [-0.2, 0) is 4.79 Å². The molecule has 1 unspecified atom stereocenters. The number of phenols is 1. The highest BCUT2D eigenvalue weighted by atomic mass is 127. The standard InChI is InChI=1S/C13H16INO4/c1-8(2-5-12(17)18)7-15-13(19)9-3-4-10(14)11(16)6-9/h3-4,6,8,16H,2,5,7H2,1H3,(H,15,19)(H,17,18). The van der Waals surface area contributed by atoms with Gasteiger partial charge >= 0.3 is 5.97 Å². The van der Waals surface area contributed by atoms with Crippen LogP contribution in [0.4, 0.5) is 0 Å². The zero-order chi connectivity index (χ0) is 14.4. The maximum atomic E-state index is 11.8. The molecule has 1 rings (SSSR count). The molecule has 0 saturated carbocycles. The first-order valence-electron chi connectivity index (χ1n) is 5.88. The molecule has 0 bridgehead atoms. The second-order valence-electron chi connectivity index (χ2n) is 4.41. The minimum atomic E-state index is -0.833. The number of carboxylic acid groups (broad SMARTS) is 1. The zero-order valence-corrected chi connectivity index (χ0v) is 12.7. The van der Waals surface area contributed by atoms with Gasteiger partial charge < -0.3 is 15.5 Å². The van der Waals surface area contributed by atoms with Crippen molar-refractivity contribution < 1.29 is 19.8 Å². The van der Waals surface area contributed by atoms with Gasteiger partial charge in [-0.1, -0.05) is 6.92 Å². The molecule has 0 spiro atoms. The molecule has 6 heteroatoms. The van der Waals surface area contributed by atoms with Crippen molar-refractivity contribution in [2.45, 2.75) is 19.8 Å². The number of carboxylic acids is 1. The molecule has 5 nitrogen and oxygen atoms in total. The van der Waals surface area contributed by atoms with Crippen molar-refractivity contribution in [3.8, 4) is 5.75 Å². The van der Waals surface area contributed by atoms with Gasteiger partial charge in [0.25, 0.3) is 5.91 Å². The van der Waals surface area contributed by atoms with Gasteiger partial charge in [-0.25, -0.2) is 0 Å². The number of benzene rings is 1. The molecule has 104 valence electrons. The molecular formula is C13H16INO4. The third-order valence-electron chi connectivity index (χ3n) is 2.67. The van der Waals surface area contributed by atoms with Crippen LogP contribution in [0, 0.1) is 9.49 Å². The van der Waals surface area contributed by atoms with Gasteiger partial charge in [-0.3, -0.25) is 9.59 Å². The van der Waals surface area contributed by atoms with Crippen molar-refractivity contribution in [3.63, 3.8) is 0 Å². The van der Waals surface area contributed by atoms with Crippen molar-refractivity contribution in [2.75, 3.05) is 6.54 Å². The molecule has 1 amide bonds. The number of rotatable bonds is 6.